The smallest absolute Gasteiger partial charge is 0.338 e. The summed E-state index contributed by atoms with van der Waals surface area (Å²) in [4.78, 5) is 16.3. The fourth-order valence-corrected chi connectivity index (χ4v) is 2.71. The molecule has 3 heteroatoms. The first kappa shape index (κ1) is 15.2. The second-order valence-corrected chi connectivity index (χ2v) is 5.40. The lowest BCUT2D eigenvalue weighted by atomic mass is 10.0. The Balaban J connectivity index is 1.77. The van der Waals surface area contributed by atoms with Gasteiger partial charge in [0.15, 0.2) is 0 Å². The van der Waals surface area contributed by atoms with Crippen molar-refractivity contribution >= 4 is 16.7 Å². The third-order valence-corrected chi connectivity index (χ3v) is 3.84. The van der Waals surface area contributed by atoms with Gasteiger partial charge < -0.3 is 4.74 Å². The van der Waals surface area contributed by atoms with E-state index in [-0.39, 0.29) is 5.97 Å². The number of aryl methyl sites for hydroxylation is 2. The summed E-state index contributed by atoms with van der Waals surface area (Å²) < 4.78 is 5.05. The minimum absolute atomic E-state index is 0.266. The molecular weight excluding hydrogens is 286 g/mol. The van der Waals surface area contributed by atoms with E-state index >= 15 is 0 Å². The van der Waals surface area contributed by atoms with E-state index in [0.29, 0.717) is 12.2 Å². The first-order valence-electron chi connectivity index (χ1n) is 7.86. The molecule has 0 aliphatic rings. The number of rotatable bonds is 5. The lowest BCUT2D eigenvalue weighted by Crippen LogP contribution is -2.05. The van der Waals surface area contributed by atoms with Crippen LogP contribution < -0.4 is 0 Å². The van der Waals surface area contributed by atoms with Gasteiger partial charge in [-0.2, -0.15) is 0 Å². The zero-order valence-electron chi connectivity index (χ0n) is 13.2. The molecule has 0 saturated carbocycles. The predicted octanol–water partition coefficient (Wildman–Crippen LogP) is 4.20. The Morgan fingerprint density at radius 2 is 1.91 bits per heavy atom. The lowest BCUT2D eigenvalue weighted by Gasteiger charge is -2.07. The molecule has 0 saturated heterocycles. The van der Waals surface area contributed by atoms with Crippen molar-refractivity contribution in [1.82, 2.24) is 4.98 Å². The fourth-order valence-electron chi connectivity index (χ4n) is 2.71. The van der Waals surface area contributed by atoms with Crippen LogP contribution in [0.25, 0.3) is 10.8 Å². The van der Waals surface area contributed by atoms with Gasteiger partial charge in [0.2, 0.25) is 0 Å². The number of hydrogen-bond donors (Lipinski definition) is 0. The number of pyridine rings is 1. The second kappa shape index (κ2) is 7.05. The maximum atomic E-state index is 11.8. The molecule has 0 N–H and O–H groups in total. The van der Waals surface area contributed by atoms with Gasteiger partial charge in [0, 0.05) is 17.3 Å². The summed E-state index contributed by atoms with van der Waals surface area (Å²) in [7, 11) is 0. The maximum absolute atomic E-state index is 11.8. The molecule has 0 aliphatic heterocycles. The second-order valence-electron chi connectivity index (χ2n) is 5.40. The van der Waals surface area contributed by atoms with E-state index < -0.39 is 0 Å². The van der Waals surface area contributed by atoms with Gasteiger partial charge in [-0.25, -0.2) is 4.79 Å². The van der Waals surface area contributed by atoms with E-state index in [0.717, 1.165) is 24.1 Å². The van der Waals surface area contributed by atoms with Gasteiger partial charge in [-0.05, 0) is 48.9 Å². The van der Waals surface area contributed by atoms with Gasteiger partial charge in [0.1, 0.15) is 0 Å². The van der Waals surface area contributed by atoms with Crippen molar-refractivity contribution in [3.63, 3.8) is 0 Å². The number of fused-ring (bicyclic) bond motifs is 1. The van der Waals surface area contributed by atoms with Crippen LogP contribution in [0.2, 0.25) is 0 Å². The molecular formula is C20H19NO2. The molecule has 3 nitrogen and oxygen atoms in total. The van der Waals surface area contributed by atoms with Gasteiger partial charge in [0.25, 0.3) is 0 Å². The summed E-state index contributed by atoms with van der Waals surface area (Å²) in [5.74, 6) is -0.266. The van der Waals surface area contributed by atoms with Gasteiger partial charge >= 0.3 is 5.97 Å². The normalized spacial score (nSPS) is 10.7. The molecule has 3 rings (SSSR count). The van der Waals surface area contributed by atoms with E-state index in [4.69, 9.17) is 4.74 Å². The van der Waals surface area contributed by atoms with Crippen molar-refractivity contribution in [2.75, 3.05) is 6.61 Å². The zero-order valence-corrected chi connectivity index (χ0v) is 13.2. The third kappa shape index (κ3) is 3.57. The van der Waals surface area contributed by atoms with E-state index in [1.165, 1.54) is 10.8 Å². The number of hydrogen-bond acceptors (Lipinski definition) is 3. The van der Waals surface area contributed by atoms with Crippen molar-refractivity contribution in [2.45, 2.75) is 19.8 Å². The maximum Gasteiger partial charge on any atom is 0.338 e. The quantitative estimate of drug-likeness (QED) is 0.663. The predicted molar refractivity (Wildman–Crippen MR) is 91.5 cm³/mol. The van der Waals surface area contributed by atoms with Gasteiger partial charge in [-0.15, -0.1) is 0 Å². The van der Waals surface area contributed by atoms with E-state index in [1.54, 1.807) is 6.07 Å². The number of esters is 1. The van der Waals surface area contributed by atoms with Crippen molar-refractivity contribution < 1.29 is 9.53 Å². The number of benzene rings is 2. The van der Waals surface area contributed by atoms with Crippen LogP contribution in [0.4, 0.5) is 0 Å². The summed E-state index contributed by atoms with van der Waals surface area (Å²) in [6, 6.07) is 17.9. The van der Waals surface area contributed by atoms with Crippen LogP contribution in [0.15, 0.2) is 60.8 Å². The standard InChI is InChI=1S/C20H19NO2/c1-2-23-20(22)17-8-5-6-15(14-17)10-11-19-18-9-4-3-7-16(18)12-13-21-19/h3-9,12-14H,2,10-11H2,1H3. The molecule has 0 radical (unpaired) electrons. The molecule has 0 amide bonds. The third-order valence-electron chi connectivity index (χ3n) is 3.84. The van der Waals surface area contributed by atoms with Crippen LogP contribution in [0, 0.1) is 0 Å². The summed E-state index contributed by atoms with van der Waals surface area (Å²) in [5.41, 5.74) is 2.81. The molecule has 116 valence electrons. The number of nitrogens with zero attached hydrogens (tertiary/aromatic N) is 1. The molecule has 0 aliphatic carbocycles. The minimum Gasteiger partial charge on any atom is -0.462 e. The van der Waals surface area contributed by atoms with Gasteiger partial charge in [-0.1, -0.05) is 36.4 Å². The van der Waals surface area contributed by atoms with Crippen molar-refractivity contribution in [1.29, 1.82) is 0 Å². The molecule has 1 aromatic heterocycles. The topological polar surface area (TPSA) is 39.2 Å². The highest BCUT2D eigenvalue weighted by atomic mass is 16.5. The SMILES string of the molecule is CCOC(=O)c1cccc(CCc2nccc3ccccc23)c1. The molecule has 0 unspecified atom stereocenters. The summed E-state index contributed by atoms with van der Waals surface area (Å²) in [6.07, 6.45) is 3.54. The number of carbonyl (C=O) groups is 1. The average molecular weight is 305 g/mol. The van der Waals surface area contributed by atoms with Gasteiger partial charge in [-0.3, -0.25) is 4.98 Å². The largest absolute Gasteiger partial charge is 0.462 e. The summed E-state index contributed by atoms with van der Waals surface area (Å²) in [6.45, 7) is 2.21. The molecule has 0 spiro atoms. The number of aromatic nitrogens is 1. The Morgan fingerprint density at radius 3 is 2.78 bits per heavy atom. The minimum atomic E-state index is -0.266. The first-order valence-corrected chi connectivity index (χ1v) is 7.86. The summed E-state index contributed by atoms with van der Waals surface area (Å²) >= 11 is 0. The first-order chi connectivity index (χ1) is 11.3. The van der Waals surface area contributed by atoms with Crippen LogP contribution in [0.3, 0.4) is 0 Å². The number of ether oxygens (including phenoxy) is 1. The van der Waals surface area contributed by atoms with Crippen LogP contribution >= 0.6 is 0 Å². The Bertz CT molecular complexity index is 821. The molecule has 3 aromatic rings. The monoisotopic (exact) mass is 305 g/mol. The highest BCUT2D eigenvalue weighted by Gasteiger charge is 2.08. The van der Waals surface area contributed by atoms with Crippen LogP contribution in [0.5, 0.6) is 0 Å². The number of carbonyl (C=O) groups excluding carboxylic acids is 1. The van der Waals surface area contributed by atoms with Crippen LogP contribution in [-0.4, -0.2) is 17.6 Å². The van der Waals surface area contributed by atoms with Crippen molar-refractivity contribution in [3.05, 3.63) is 77.6 Å². The fraction of sp³-hybridized carbons (Fsp3) is 0.200. The highest BCUT2D eigenvalue weighted by Crippen LogP contribution is 2.18. The Labute approximate surface area is 135 Å². The van der Waals surface area contributed by atoms with Crippen molar-refractivity contribution in [2.24, 2.45) is 0 Å². The molecule has 0 bridgehead atoms. The Hall–Kier alpha value is -2.68. The molecule has 23 heavy (non-hydrogen) atoms. The van der Waals surface area contributed by atoms with Crippen molar-refractivity contribution in [3.8, 4) is 0 Å². The zero-order chi connectivity index (χ0) is 16.1. The Kier molecular flexibility index (Phi) is 4.67. The Morgan fingerprint density at radius 1 is 1.04 bits per heavy atom. The van der Waals surface area contributed by atoms with Crippen LogP contribution in [-0.2, 0) is 17.6 Å². The molecule has 0 fully saturated rings. The van der Waals surface area contributed by atoms with E-state index in [2.05, 4.69) is 17.1 Å². The molecule has 0 atom stereocenters. The van der Waals surface area contributed by atoms with E-state index in [1.807, 2.05) is 49.5 Å². The lowest BCUT2D eigenvalue weighted by molar-refractivity contribution is 0.0526. The molecule has 1 heterocycles. The average Bonchev–Trinajstić information content (AvgIpc) is 2.60. The van der Waals surface area contributed by atoms with Gasteiger partial charge in [0.05, 0.1) is 12.2 Å². The van der Waals surface area contributed by atoms with E-state index in [9.17, 15) is 4.79 Å². The van der Waals surface area contributed by atoms with Crippen LogP contribution in [0.1, 0.15) is 28.5 Å². The summed E-state index contributed by atoms with van der Waals surface area (Å²) in [5, 5.41) is 2.40. The molecule has 2 aromatic carbocycles. The highest BCUT2D eigenvalue weighted by molar-refractivity contribution is 5.89.